The summed E-state index contributed by atoms with van der Waals surface area (Å²) in [5.41, 5.74) is 0. The van der Waals surface area contributed by atoms with Crippen LogP contribution in [0.15, 0.2) is 33.9 Å². The lowest BCUT2D eigenvalue weighted by Crippen LogP contribution is -2.33. The van der Waals surface area contributed by atoms with Gasteiger partial charge >= 0.3 is 5.97 Å². The summed E-state index contributed by atoms with van der Waals surface area (Å²) in [6.45, 7) is 0.902. The molecular formula is C15H17NO4S4. The molecule has 0 spiro atoms. The average Bonchev–Trinajstić information content (AvgIpc) is 3.22. The van der Waals surface area contributed by atoms with Crippen LogP contribution in [0.4, 0.5) is 0 Å². The predicted molar refractivity (Wildman–Crippen MR) is 98.6 cm³/mol. The number of thiophene rings is 2. The van der Waals surface area contributed by atoms with Gasteiger partial charge in [-0.15, -0.1) is 22.7 Å². The van der Waals surface area contributed by atoms with Gasteiger partial charge in [0.2, 0.25) is 10.0 Å². The molecule has 1 aliphatic rings. The summed E-state index contributed by atoms with van der Waals surface area (Å²) in [4.78, 5) is 13.3. The Morgan fingerprint density at radius 3 is 2.79 bits per heavy atom. The minimum absolute atomic E-state index is 0.0546. The first-order valence-electron chi connectivity index (χ1n) is 7.35. The van der Waals surface area contributed by atoms with Crippen molar-refractivity contribution in [3.05, 3.63) is 38.7 Å². The molecule has 1 fully saturated rings. The third-order valence-corrected chi connectivity index (χ3v) is 9.19. The first-order chi connectivity index (χ1) is 11.5. The minimum atomic E-state index is -3.69. The number of thioether (sulfide) groups is 1. The predicted octanol–water partition coefficient (Wildman–Crippen LogP) is 3.47. The van der Waals surface area contributed by atoms with Gasteiger partial charge in [0.15, 0.2) is 0 Å². The van der Waals surface area contributed by atoms with E-state index in [9.17, 15) is 13.2 Å². The topological polar surface area (TPSA) is 63.7 Å². The van der Waals surface area contributed by atoms with Gasteiger partial charge in [-0.05, 0) is 29.3 Å². The van der Waals surface area contributed by atoms with Gasteiger partial charge in [0.05, 0.1) is 7.11 Å². The summed E-state index contributed by atoms with van der Waals surface area (Å²) >= 11 is 4.59. The second-order valence-electron chi connectivity index (χ2n) is 5.17. The molecule has 0 saturated carbocycles. The van der Waals surface area contributed by atoms with Crippen molar-refractivity contribution >= 4 is 50.4 Å². The Bertz CT molecular complexity index is 797. The normalized spacial score (nSPS) is 19.8. The van der Waals surface area contributed by atoms with Gasteiger partial charge in [-0.1, -0.05) is 6.07 Å². The molecule has 0 N–H and O–H groups in total. The summed E-state index contributed by atoms with van der Waals surface area (Å²) in [6.07, 6.45) is 0.766. The Morgan fingerprint density at radius 2 is 2.08 bits per heavy atom. The van der Waals surface area contributed by atoms with Crippen LogP contribution in [0.5, 0.6) is 0 Å². The molecule has 0 radical (unpaired) electrons. The number of rotatable bonds is 4. The smallest absolute Gasteiger partial charge is 0.349 e. The molecule has 24 heavy (non-hydrogen) atoms. The van der Waals surface area contributed by atoms with Crippen molar-refractivity contribution in [2.24, 2.45) is 0 Å². The summed E-state index contributed by atoms with van der Waals surface area (Å²) in [7, 11) is -2.43. The molecule has 0 aromatic carbocycles. The summed E-state index contributed by atoms with van der Waals surface area (Å²) in [5, 5.41) is 3.98. The number of nitrogens with zero attached hydrogens (tertiary/aromatic N) is 1. The van der Waals surface area contributed by atoms with E-state index in [4.69, 9.17) is 4.74 Å². The second kappa shape index (κ2) is 7.57. The van der Waals surface area contributed by atoms with Crippen molar-refractivity contribution in [3.8, 4) is 0 Å². The highest BCUT2D eigenvalue weighted by atomic mass is 32.2. The maximum atomic E-state index is 13.0. The Kier molecular flexibility index (Phi) is 5.66. The zero-order valence-corrected chi connectivity index (χ0v) is 16.3. The number of esters is 1. The fourth-order valence-electron chi connectivity index (χ4n) is 2.57. The highest BCUT2D eigenvalue weighted by Gasteiger charge is 2.32. The van der Waals surface area contributed by atoms with Gasteiger partial charge in [-0.3, -0.25) is 0 Å². The van der Waals surface area contributed by atoms with Crippen molar-refractivity contribution in [3.63, 3.8) is 0 Å². The van der Waals surface area contributed by atoms with E-state index < -0.39 is 16.0 Å². The lowest BCUT2D eigenvalue weighted by Gasteiger charge is -2.19. The van der Waals surface area contributed by atoms with Crippen molar-refractivity contribution in [1.82, 2.24) is 4.31 Å². The van der Waals surface area contributed by atoms with Crippen LogP contribution in [0.2, 0.25) is 0 Å². The van der Waals surface area contributed by atoms with Crippen molar-refractivity contribution in [2.45, 2.75) is 16.6 Å². The van der Waals surface area contributed by atoms with Crippen LogP contribution in [0.1, 0.15) is 26.2 Å². The lowest BCUT2D eigenvalue weighted by atomic mass is 10.2. The third kappa shape index (κ3) is 3.55. The zero-order valence-electron chi connectivity index (χ0n) is 13.0. The molecule has 3 heterocycles. The first-order valence-corrected chi connectivity index (χ1v) is 11.6. The monoisotopic (exact) mass is 403 g/mol. The molecule has 0 bridgehead atoms. The number of carbonyl (C=O) groups excluding carboxylic acids is 1. The van der Waals surface area contributed by atoms with Crippen LogP contribution in [-0.2, 0) is 14.8 Å². The number of hydrogen-bond donors (Lipinski definition) is 0. The molecule has 3 rings (SSSR count). The number of ether oxygens (including phenoxy) is 1. The molecular weight excluding hydrogens is 386 g/mol. The van der Waals surface area contributed by atoms with Gasteiger partial charge in [0, 0.05) is 29.0 Å². The van der Waals surface area contributed by atoms with Crippen molar-refractivity contribution in [2.75, 3.05) is 26.0 Å². The molecule has 5 nitrogen and oxygen atoms in total. The largest absolute Gasteiger partial charge is 0.465 e. The maximum Gasteiger partial charge on any atom is 0.349 e. The minimum Gasteiger partial charge on any atom is -0.465 e. The van der Waals surface area contributed by atoms with Crippen LogP contribution in [0, 0.1) is 0 Å². The summed E-state index contributed by atoms with van der Waals surface area (Å²) in [5.74, 6) is 0.128. The number of sulfonamides is 1. The van der Waals surface area contributed by atoms with Crippen molar-refractivity contribution < 1.29 is 17.9 Å². The van der Waals surface area contributed by atoms with Gasteiger partial charge in [0.25, 0.3) is 0 Å². The quantitative estimate of drug-likeness (QED) is 0.732. The molecule has 0 amide bonds. The lowest BCUT2D eigenvalue weighted by molar-refractivity contribution is 0.0602. The highest BCUT2D eigenvalue weighted by molar-refractivity contribution is 7.99. The van der Waals surface area contributed by atoms with Gasteiger partial charge < -0.3 is 4.74 Å². The number of carbonyl (C=O) groups is 1. The van der Waals surface area contributed by atoms with Crippen LogP contribution in [0.25, 0.3) is 0 Å². The van der Waals surface area contributed by atoms with Crippen LogP contribution in [-0.4, -0.2) is 44.6 Å². The molecule has 1 atom stereocenters. The SMILES string of the molecule is COC(=O)c1sccc1S(=O)(=O)N1CCS[C@@H](c2cccs2)CC1. The standard InChI is InChI=1S/C15H17NO4S4/c1-20-15(17)14-13(5-9-23-14)24(18,19)16-6-4-12(22-10-7-16)11-3-2-8-21-11/h2-3,5,8-9,12H,4,6-7,10H2,1H3/t12-/m1/s1. The zero-order chi connectivity index (χ0) is 17.2. The Balaban J connectivity index is 1.81. The van der Waals surface area contributed by atoms with E-state index in [1.54, 1.807) is 28.5 Å². The molecule has 1 saturated heterocycles. The van der Waals surface area contributed by atoms with Gasteiger partial charge in [-0.2, -0.15) is 16.1 Å². The average molecular weight is 404 g/mol. The number of methoxy groups -OCH3 is 1. The fourth-order valence-corrected chi connectivity index (χ4v) is 7.69. The molecule has 2 aromatic heterocycles. The van der Waals surface area contributed by atoms with Crippen molar-refractivity contribution in [1.29, 1.82) is 0 Å². The maximum absolute atomic E-state index is 13.0. The van der Waals surface area contributed by atoms with E-state index >= 15 is 0 Å². The third-order valence-electron chi connectivity index (χ3n) is 3.78. The van der Waals surface area contributed by atoms with E-state index in [1.807, 2.05) is 11.4 Å². The Labute approximate surface area is 153 Å². The molecule has 0 aliphatic carbocycles. The summed E-state index contributed by atoms with van der Waals surface area (Å²) in [6, 6.07) is 5.61. The Hall–Kier alpha value is -0.870. The van der Waals surface area contributed by atoms with E-state index in [2.05, 4.69) is 6.07 Å². The molecule has 130 valence electrons. The van der Waals surface area contributed by atoms with Crippen LogP contribution < -0.4 is 0 Å². The molecule has 1 aliphatic heterocycles. The second-order valence-corrected chi connectivity index (χ2v) is 10.3. The van der Waals surface area contributed by atoms with Crippen LogP contribution >= 0.6 is 34.4 Å². The molecule has 0 unspecified atom stereocenters. The fraction of sp³-hybridized carbons (Fsp3) is 0.400. The molecule has 9 heteroatoms. The van der Waals surface area contributed by atoms with E-state index in [0.717, 1.165) is 23.5 Å². The van der Waals surface area contributed by atoms with Gasteiger partial charge in [-0.25, -0.2) is 13.2 Å². The number of hydrogen-bond acceptors (Lipinski definition) is 7. The van der Waals surface area contributed by atoms with E-state index in [-0.39, 0.29) is 9.77 Å². The van der Waals surface area contributed by atoms with E-state index in [1.165, 1.54) is 22.4 Å². The van der Waals surface area contributed by atoms with Gasteiger partial charge in [0.1, 0.15) is 9.77 Å². The Morgan fingerprint density at radius 1 is 1.25 bits per heavy atom. The molecule has 2 aromatic rings. The highest BCUT2D eigenvalue weighted by Crippen LogP contribution is 2.38. The summed E-state index contributed by atoms with van der Waals surface area (Å²) < 4.78 is 32.1. The van der Waals surface area contributed by atoms with E-state index in [0.29, 0.717) is 18.3 Å². The van der Waals surface area contributed by atoms with Crippen LogP contribution in [0.3, 0.4) is 0 Å². The first kappa shape index (κ1) is 17.9.